The summed E-state index contributed by atoms with van der Waals surface area (Å²) in [5, 5.41) is 2.70. The predicted molar refractivity (Wildman–Crippen MR) is 88.4 cm³/mol. The van der Waals surface area contributed by atoms with Crippen LogP contribution in [0.2, 0.25) is 0 Å². The summed E-state index contributed by atoms with van der Waals surface area (Å²) in [6.07, 6.45) is 1.34. The number of halogens is 1. The second-order valence-electron chi connectivity index (χ2n) is 6.74. The van der Waals surface area contributed by atoms with E-state index in [0.717, 1.165) is 5.69 Å². The van der Waals surface area contributed by atoms with Crippen molar-refractivity contribution in [3.05, 3.63) is 18.1 Å². The Hall–Kier alpha value is -2.05. The molecule has 0 bridgehead atoms. The highest BCUT2D eigenvalue weighted by Crippen LogP contribution is 2.23. The number of pyridine rings is 1. The molecule has 1 aliphatic heterocycles. The van der Waals surface area contributed by atoms with Crippen molar-refractivity contribution in [2.24, 2.45) is 0 Å². The number of nitrogens with zero attached hydrogens (tertiary/aromatic N) is 3. The van der Waals surface area contributed by atoms with Crippen LogP contribution in [0.1, 0.15) is 27.7 Å². The van der Waals surface area contributed by atoms with Gasteiger partial charge in [-0.3, -0.25) is 0 Å². The lowest BCUT2D eigenvalue weighted by Gasteiger charge is -2.41. The summed E-state index contributed by atoms with van der Waals surface area (Å²) in [4.78, 5) is 20.0. The largest absolute Gasteiger partial charge is 0.444 e. The summed E-state index contributed by atoms with van der Waals surface area (Å²) in [6.45, 7) is 9.27. The van der Waals surface area contributed by atoms with Crippen LogP contribution >= 0.6 is 0 Å². The lowest BCUT2D eigenvalue weighted by Crippen LogP contribution is -2.55. The second-order valence-corrected chi connectivity index (χ2v) is 6.74. The van der Waals surface area contributed by atoms with E-state index in [4.69, 9.17) is 4.74 Å². The Morgan fingerprint density at radius 2 is 2.13 bits per heavy atom. The molecule has 6 nitrogen and oxygen atoms in total. The van der Waals surface area contributed by atoms with Gasteiger partial charge in [-0.1, -0.05) is 0 Å². The van der Waals surface area contributed by atoms with Gasteiger partial charge in [0, 0.05) is 38.8 Å². The third-order valence-electron chi connectivity index (χ3n) is 3.68. The Morgan fingerprint density at radius 3 is 2.65 bits per heavy atom. The standard InChI is InChI=1S/C16H25FN4O2/c1-11-10-20(12-8-13(17)14(18-5)19-9-12)6-7-21(11)15(22)23-16(2,3)4/h8-9,11H,6-7,10H2,1-5H3,(H,18,19). The zero-order chi connectivity index (χ0) is 17.2. The Bertz CT molecular complexity index is 574. The third-order valence-corrected chi connectivity index (χ3v) is 3.68. The fourth-order valence-electron chi connectivity index (χ4n) is 2.57. The predicted octanol–water partition coefficient (Wildman–Crippen LogP) is 2.71. The second kappa shape index (κ2) is 6.60. The first-order valence-corrected chi connectivity index (χ1v) is 7.79. The first-order valence-electron chi connectivity index (χ1n) is 7.79. The zero-order valence-corrected chi connectivity index (χ0v) is 14.4. The van der Waals surface area contributed by atoms with Gasteiger partial charge >= 0.3 is 6.09 Å². The summed E-state index contributed by atoms with van der Waals surface area (Å²) < 4.78 is 19.3. The maximum atomic E-state index is 13.9. The smallest absolute Gasteiger partial charge is 0.410 e. The van der Waals surface area contributed by atoms with Crippen molar-refractivity contribution in [2.45, 2.75) is 39.3 Å². The van der Waals surface area contributed by atoms with Crippen LogP contribution < -0.4 is 10.2 Å². The van der Waals surface area contributed by atoms with E-state index in [1.165, 1.54) is 6.07 Å². The molecule has 0 aromatic carbocycles. The number of nitrogens with one attached hydrogen (secondary N) is 1. The number of hydrogen-bond donors (Lipinski definition) is 1. The summed E-state index contributed by atoms with van der Waals surface area (Å²) in [5.74, 6) is -0.151. The third kappa shape index (κ3) is 4.24. The van der Waals surface area contributed by atoms with Crippen LogP contribution in [-0.2, 0) is 4.74 Å². The van der Waals surface area contributed by atoms with E-state index in [0.29, 0.717) is 19.6 Å². The summed E-state index contributed by atoms with van der Waals surface area (Å²) in [7, 11) is 1.63. The fourth-order valence-corrected chi connectivity index (χ4v) is 2.57. The number of carbonyl (C=O) groups is 1. The molecule has 1 fully saturated rings. The minimum atomic E-state index is -0.510. The molecule has 1 unspecified atom stereocenters. The number of piperazine rings is 1. The molecule has 2 heterocycles. The minimum Gasteiger partial charge on any atom is -0.444 e. The van der Waals surface area contributed by atoms with E-state index in [1.807, 2.05) is 32.6 Å². The van der Waals surface area contributed by atoms with Crippen LogP contribution in [-0.4, -0.2) is 54.3 Å². The number of rotatable bonds is 2. The SMILES string of the molecule is CNc1ncc(N2CCN(C(=O)OC(C)(C)C)C(C)C2)cc1F. The Kier molecular flexibility index (Phi) is 4.97. The highest BCUT2D eigenvalue weighted by atomic mass is 19.1. The molecule has 1 saturated heterocycles. The van der Waals surface area contributed by atoms with Crippen LogP contribution in [0.3, 0.4) is 0 Å². The van der Waals surface area contributed by atoms with Gasteiger partial charge in [0.2, 0.25) is 0 Å². The molecular weight excluding hydrogens is 299 g/mol. The van der Waals surface area contributed by atoms with Gasteiger partial charge in [0.15, 0.2) is 11.6 Å². The van der Waals surface area contributed by atoms with Gasteiger partial charge < -0.3 is 19.9 Å². The maximum absolute atomic E-state index is 13.9. The van der Waals surface area contributed by atoms with Gasteiger partial charge in [-0.2, -0.15) is 0 Å². The van der Waals surface area contributed by atoms with Crippen LogP contribution in [0, 0.1) is 5.82 Å². The van der Waals surface area contributed by atoms with Crippen LogP contribution in [0.5, 0.6) is 0 Å². The molecule has 23 heavy (non-hydrogen) atoms. The quantitative estimate of drug-likeness (QED) is 0.906. The number of ether oxygens (including phenoxy) is 1. The summed E-state index contributed by atoms with van der Waals surface area (Å²) in [5.41, 5.74) is 0.210. The molecular formula is C16H25FN4O2. The fraction of sp³-hybridized carbons (Fsp3) is 0.625. The van der Waals surface area contributed by atoms with Crippen molar-refractivity contribution in [3.8, 4) is 0 Å². The summed E-state index contributed by atoms with van der Waals surface area (Å²) in [6, 6.07) is 1.44. The molecule has 1 atom stereocenters. The van der Waals surface area contributed by atoms with Gasteiger partial charge in [-0.25, -0.2) is 14.2 Å². The van der Waals surface area contributed by atoms with Gasteiger partial charge in [-0.15, -0.1) is 0 Å². The highest BCUT2D eigenvalue weighted by Gasteiger charge is 2.31. The summed E-state index contributed by atoms with van der Waals surface area (Å²) >= 11 is 0. The average Bonchev–Trinajstić information content (AvgIpc) is 2.45. The molecule has 1 aliphatic rings. The van der Waals surface area contributed by atoms with E-state index >= 15 is 0 Å². The number of carbonyl (C=O) groups excluding carboxylic acids is 1. The van der Waals surface area contributed by atoms with Crippen molar-refractivity contribution in [2.75, 3.05) is 36.9 Å². The normalized spacial score (nSPS) is 18.8. The van der Waals surface area contributed by atoms with E-state index < -0.39 is 5.60 Å². The van der Waals surface area contributed by atoms with Gasteiger partial charge in [0.25, 0.3) is 0 Å². The zero-order valence-electron chi connectivity index (χ0n) is 14.4. The van der Waals surface area contributed by atoms with Crippen molar-refractivity contribution < 1.29 is 13.9 Å². The number of aromatic nitrogens is 1. The number of anilines is 2. The van der Waals surface area contributed by atoms with Gasteiger partial charge in [0.1, 0.15) is 5.60 Å². The molecule has 0 aliphatic carbocycles. The lowest BCUT2D eigenvalue weighted by atomic mass is 10.1. The lowest BCUT2D eigenvalue weighted by molar-refractivity contribution is 0.0159. The monoisotopic (exact) mass is 324 g/mol. The first-order chi connectivity index (χ1) is 10.7. The molecule has 0 spiro atoms. The molecule has 0 radical (unpaired) electrons. The van der Waals surface area contributed by atoms with Crippen molar-refractivity contribution in [1.29, 1.82) is 0 Å². The maximum Gasteiger partial charge on any atom is 0.410 e. The van der Waals surface area contributed by atoms with E-state index in [-0.39, 0.29) is 23.8 Å². The van der Waals surface area contributed by atoms with E-state index in [9.17, 15) is 9.18 Å². The van der Waals surface area contributed by atoms with E-state index in [2.05, 4.69) is 10.3 Å². The molecule has 7 heteroatoms. The van der Waals surface area contributed by atoms with Crippen LogP contribution in [0.15, 0.2) is 12.3 Å². The van der Waals surface area contributed by atoms with Crippen LogP contribution in [0.4, 0.5) is 20.7 Å². The molecule has 1 amide bonds. The minimum absolute atomic E-state index is 0.0226. The molecule has 0 saturated carbocycles. The van der Waals surface area contributed by atoms with E-state index in [1.54, 1.807) is 18.1 Å². The van der Waals surface area contributed by atoms with Crippen molar-refractivity contribution >= 4 is 17.6 Å². The molecule has 1 aromatic rings. The molecule has 1 N–H and O–H groups in total. The topological polar surface area (TPSA) is 57.7 Å². The Balaban J connectivity index is 2.03. The van der Waals surface area contributed by atoms with Crippen LogP contribution in [0.25, 0.3) is 0 Å². The molecule has 1 aromatic heterocycles. The van der Waals surface area contributed by atoms with Crippen molar-refractivity contribution in [3.63, 3.8) is 0 Å². The number of amides is 1. The number of hydrogen-bond acceptors (Lipinski definition) is 5. The Morgan fingerprint density at radius 1 is 1.43 bits per heavy atom. The average molecular weight is 324 g/mol. The van der Waals surface area contributed by atoms with Gasteiger partial charge in [-0.05, 0) is 27.7 Å². The highest BCUT2D eigenvalue weighted by molar-refractivity contribution is 5.69. The Labute approximate surface area is 136 Å². The van der Waals surface area contributed by atoms with Gasteiger partial charge in [0.05, 0.1) is 11.9 Å². The first kappa shape index (κ1) is 17.3. The molecule has 128 valence electrons. The van der Waals surface area contributed by atoms with Crippen molar-refractivity contribution in [1.82, 2.24) is 9.88 Å². The molecule has 2 rings (SSSR count).